The Morgan fingerprint density at radius 1 is 1.43 bits per heavy atom. The van der Waals surface area contributed by atoms with Gasteiger partial charge < -0.3 is 4.74 Å². The Labute approximate surface area is 129 Å². The highest BCUT2D eigenvalue weighted by molar-refractivity contribution is 7.80. The molecule has 1 aliphatic carbocycles. The van der Waals surface area contributed by atoms with Crippen molar-refractivity contribution in [3.05, 3.63) is 41.5 Å². The number of hydrogen-bond acceptors (Lipinski definition) is 4. The van der Waals surface area contributed by atoms with Crippen LogP contribution in [0, 0.1) is 5.92 Å². The van der Waals surface area contributed by atoms with Crippen molar-refractivity contribution in [2.45, 2.75) is 19.8 Å². The first-order valence-corrected chi connectivity index (χ1v) is 7.30. The van der Waals surface area contributed by atoms with Crippen LogP contribution in [0.3, 0.4) is 0 Å². The van der Waals surface area contributed by atoms with E-state index in [0.717, 1.165) is 11.1 Å². The van der Waals surface area contributed by atoms with Gasteiger partial charge in [-0.25, -0.2) is 4.79 Å². The Morgan fingerprint density at radius 2 is 2.14 bits per heavy atom. The molecule has 0 unspecified atom stereocenters. The molecule has 0 heterocycles. The average molecular weight is 303 g/mol. The molecule has 0 radical (unpaired) electrons. The molecule has 0 spiro atoms. The number of thiocarbonyl (C=S) groups is 1. The lowest BCUT2D eigenvalue weighted by Crippen LogP contribution is -2.36. The minimum absolute atomic E-state index is 0.0133. The molecule has 5 heteroatoms. The van der Waals surface area contributed by atoms with Crippen LogP contribution in [0.15, 0.2) is 35.9 Å². The Morgan fingerprint density at radius 3 is 2.81 bits per heavy atom. The summed E-state index contributed by atoms with van der Waals surface area (Å²) in [5.74, 6) is -0.444. The molecule has 110 valence electrons. The quantitative estimate of drug-likeness (QED) is 0.688. The molecule has 4 nitrogen and oxygen atoms in total. The minimum Gasteiger partial charge on any atom is -0.450 e. The summed E-state index contributed by atoms with van der Waals surface area (Å²) in [6.45, 7) is 1.98. The highest BCUT2D eigenvalue weighted by Crippen LogP contribution is 2.29. The zero-order valence-corrected chi connectivity index (χ0v) is 12.6. The van der Waals surface area contributed by atoms with Crippen molar-refractivity contribution in [2.24, 2.45) is 5.92 Å². The first-order valence-electron chi connectivity index (χ1n) is 6.89. The van der Waals surface area contributed by atoms with E-state index in [1.54, 1.807) is 6.92 Å². The summed E-state index contributed by atoms with van der Waals surface area (Å²) >= 11 is 5.14. The number of nitrogens with one attached hydrogen (secondary N) is 1. The summed E-state index contributed by atoms with van der Waals surface area (Å²) in [6, 6.07) is 9.68. The zero-order chi connectivity index (χ0) is 15.2. The van der Waals surface area contributed by atoms with Crippen LogP contribution in [0.25, 0.3) is 6.08 Å². The van der Waals surface area contributed by atoms with E-state index < -0.39 is 12.0 Å². The fourth-order valence-corrected chi connectivity index (χ4v) is 2.58. The standard InChI is InChI=1S/C16H17NO3S/c1-2-20-16(19)17-15(21)13-9-8-12(14(13)18)10-11-6-4-3-5-7-11/h3-7,10,13H,2,8-9H2,1H3,(H,17,19,21)/b12-10-/t13-/m0/s1. The predicted octanol–water partition coefficient (Wildman–Crippen LogP) is 3.12. The maximum Gasteiger partial charge on any atom is 0.412 e. The molecular formula is C16H17NO3S. The lowest BCUT2D eigenvalue weighted by atomic mass is 10.0. The van der Waals surface area contributed by atoms with Crippen molar-refractivity contribution < 1.29 is 14.3 Å². The number of hydrogen-bond donors (Lipinski definition) is 1. The van der Waals surface area contributed by atoms with Crippen molar-refractivity contribution in [2.75, 3.05) is 6.61 Å². The third kappa shape index (κ3) is 3.98. The van der Waals surface area contributed by atoms with Gasteiger partial charge in [0.1, 0.15) is 0 Å². The van der Waals surface area contributed by atoms with Gasteiger partial charge in [0.2, 0.25) is 0 Å². The van der Waals surface area contributed by atoms with Crippen molar-refractivity contribution >= 4 is 35.2 Å². The second-order valence-corrected chi connectivity index (χ2v) is 5.19. The van der Waals surface area contributed by atoms with Crippen molar-refractivity contribution in [1.82, 2.24) is 5.32 Å². The fourth-order valence-electron chi connectivity index (χ4n) is 2.28. The number of Topliss-reactive ketones (excluding diaryl/α,β-unsaturated/α-hetero) is 1. The molecule has 1 fully saturated rings. The number of carbonyl (C=O) groups excluding carboxylic acids is 2. The molecule has 1 amide bonds. The number of alkyl carbamates (subject to hydrolysis) is 1. The highest BCUT2D eigenvalue weighted by atomic mass is 32.1. The van der Waals surface area contributed by atoms with Crippen LogP contribution < -0.4 is 5.32 Å². The Bertz CT molecular complexity index is 580. The number of ketones is 1. The lowest BCUT2D eigenvalue weighted by Gasteiger charge is -2.10. The number of ether oxygens (including phenoxy) is 1. The molecule has 0 saturated heterocycles. The number of allylic oxidation sites excluding steroid dienone is 1. The molecule has 1 aromatic rings. The van der Waals surface area contributed by atoms with Crippen LogP contribution in [-0.2, 0) is 9.53 Å². The maximum absolute atomic E-state index is 12.3. The Balaban J connectivity index is 2.03. The van der Waals surface area contributed by atoms with E-state index >= 15 is 0 Å². The van der Waals surface area contributed by atoms with Crippen LogP contribution in [0.5, 0.6) is 0 Å². The van der Waals surface area contributed by atoms with Crippen molar-refractivity contribution in [3.8, 4) is 0 Å². The number of carbonyl (C=O) groups is 2. The van der Waals surface area contributed by atoms with E-state index in [9.17, 15) is 9.59 Å². The van der Waals surface area contributed by atoms with Crippen LogP contribution in [0.2, 0.25) is 0 Å². The van der Waals surface area contributed by atoms with Crippen LogP contribution >= 0.6 is 12.2 Å². The molecule has 21 heavy (non-hydrogen) atoms. The molecule has 1 atom stereocenters. The van der Waals surface area contributed by atoms with Crippen LogP contribution in [0.4, 0.5) is 4.79 Å². The third-order valence-electron chi connectivity index (χ3n) is 3.29. The number of amides is 1. The average Bonchev–Trinajstić information content (AvgIpc) is 2.81. The first-order chi connectivity index (χ1) is 10.1. The van der Waals surface area contributed by atoms with E-state index in [1.165, 1.54) is 0 Å². The van der Waals surface area contributed by atoms with Gasteiger partial charge in [0, 0.05) is 0 Å². The third-order valence-corrected chi connectivity index (χ3v) is 3.68. The van der Waals surface area contributed by atoms with Crippen molar-refractivity contribution in [1.29, 1.82) is 0 Å². The van der Waals surface area contributed by atoms with E-state index in [2.05, 4.69) is 5.32 Å². The Kier molecular flexibility index (Phi) is 5.22. The summed E-state index contributed by atoms with van der Waals surface area (Å²) in [5.41, 5.74) is 1.74. The van der Waals surface area contributed by atoms with Gasteiger partial charge in [-0.05, 0) is 37.0 Å². The molecule has 0 aromatic heterocycles. The fraction of sp³-hybridized carbons (Fsp3) is 0.312. The van der Waals surface area contributed by atoms with E-state index in [-0.39, 0.29) is 17.4 Å². The molecule has 0 bridgehead atoms. The maximum atomic E-state index is 12.3. The summed E-state index contributed by atoms with van der Waals surface area (Å²) in [7, 11) is 0. The van der Waals surface area contributed by atoms with Crippen LogP contribution in [0.1, 0.15) is 25.3 Å². The minimum atomic E-state index is -0.601. The van der Waals surface area contributed by atoms with E-state index in [4.69, 9.17) is 17.0 Å². The largest absolute Gasteiger partial charge is 0.450 e. The number of benzene rings is 1. The van der Waals surface area contributed by atoms with Gasteiger partial charge in [0.15, 0.2) is 5.78 Å². The number of rotatable bonds is 3. The zero-order valence-electron chi connectivity index (χ0n) is 11.8. The summed E-state index contributed by atoms with van der Waals surface area (Å²) in [4.78, 5) is 23.9. The summed E-state index contributed by atoms with van der Waals surface area (Å²) in [6.07, 6.45) is 2.58. The van der Waals surface area contributed by atoms with Gasteiger partial charge in [0.25, 0.3) is 0 Å². The monoisotopic (exact) mass is 303 g/mol. The summed E-state index contributed by atoms with van der Waals surface area (Å²) in [5, 5.41) is 2.46. The van der Waals surface area contributed by atoms with Gasteiger partial charge in [-0.1, -0.05) is 42.5 Å². The molecule has 2 rings (SSSR count). The van der Waals surface area contributed by atoms with Gasteiger partial charge in [-0.3, -0.25) is 10.1 Å². The molecule has 1 saturated carbocycles. The summed E-state index contributed by atoms with van der Waals surface area (Å²) < 4.78 is 4.77. The Hall–Kier alpha value is -2.01. The van der Waals surface area contributed by atoms with Gasteiger partial charge in [-0.2, -0.15) is 0 Å². The first kappa shape index (κ1) is 15.4. The second-order valence-electron chi connectivity index (χ2n) is 4.75. The predicted molar refractivity (Wildman–Crippen MR) is 84.9 cm³/mol. The van der Waals surface area contributed by atoms with E-state index in [0.29, 0.717) is 12.8 Å². The van der Waals surface area contributed by atoms with Gasteiger partial charge >= 0.3 is 6.09 Å². The smallest absolute Gasteiger partial charge is 0.412 e. The molecule has 0 aliphatic heterocycles. The van der Waals surface area contributed by atoms with Crippen LogP contribution in [-0.4, -0.2) is 23.5 Å². The van der Waals surface area contributed by atoms with E-state index in [1.807, 2.05) is 36.4 Å². The molecule has 1 N–H and O–H groups in total. The highest BCUT2D eigenvalue weighted by Gasteiger charge is 2.33. The molecular weight excluding hydrogens is 286 g/mol. The lowest BCUT2D eigenvalue weighted by molar-refractivity contribution is -0.116. The SMILES string of the molecule is CCOC(=O)NC(=S)[C@H]1CC/C(=C/c2ccccc2)C1=O. The second kappa shape index (κ2) is 7.13. The van der Waals surface area contributed by atoms with Crippen molar-refractivity contribution in [3.63, 3.8) is 0 Å². The topological polar surface area (TPSA) is 55.4 Å². The molecule has 1 aromatic carbocycles. The molecule has 1 aliphatic rings. The van der Waals surface area contributed by atoms with Gasteiger partial charge in [-0.15, -0.1) is 0 Å². The normalized spacial score (nSPS) is 19.6. The van der Waals surface area contributed by atoms with Gasteiger partial charge in [0.05, 0.1) is 17.5 Å².